The van der Waals surface area contributed by atoms with Gasteiger partial charge in [0.1, 0.15) is 0 Å². The molecular weight excluding hydrogens is 274 g/mol. The van der Waals surface area contributed by atoms with Crippen LogP contribution in [0, 0.1) is 0 Å². The Hall–Kier alpha value is -0.910. The second-order valence-corrected chi connectivity index (χ2v) is 7.09. The van der Waals surface area contributed by atoms with E-state index in [0.717, 1.165) is 12.1 Å². The van der Waals surface area contributed by atoms with Gasteiger partial charge in [-0.3, -0.25) is 0 Å². The summed E-state index contributed by atoms with van der Waals surface area (Å²) in [4.78, 5) is 0. The van der Waals surface area contributed by atoms with Gasteiger partial charge < -0.3 is 10.1 Å². The molecule has 0 amide bonds. The average Bonchev–Trinajstić information content (AvgIpc) is 2.46. The van der Waals surface area contributed by atoms with E-state index in [1.807, 2.05) is 44.2 Å². The summed E-state index contributed by atoms with van der Waals surface area (Å²) in [5.74, 6) is 0.0662. The molecule has 0 saturated carbocycles. The van der Waals surface area contributed by atoms with Gasteiger partial charge in [-0.05, 0) is 18.5 Å². The Morgan fingerprint density at radius 2 is 1.85 bits per heavy atom. The SMILES string of the molecule is CCNC(c1ccccc1)C(CC)S(=O)(=O)CCOC. The maximum absolute atomic E-state index is 12.5. The highest BCUT2D eigenvalue weighted by molar-refractivity contribution is 7.92. The van der Waals surface area contributed by atoms with Crippen molar-refractivity contribution in [1.29, 1.82) is 0 Å². The van der Waals surface area contributed by atoms with Crippen molar-refractivity contribution in [2.75, 3.05) is 26.0 Å². The van der Waals surface area contributed by atoms with Crippen molar-refractivity contribution in [3.8, 4) is 0 Å². The Bertz CT molecular complexity index is 473. The molecule has 2 unspecified atom stereocenters. The van der Waals surface area contributed by atoms with Crippen molar-refractivity contribution in [1.82, 2.24) is 5.32 Å². The quantitative estimate of drug-likeness (QED) is 0.759. The Morgan fingerprint density at radius 3 is 2.35 bits per heavy atom. The van der Waals surface area contributed by atoms with Crippen molar-refractivity contribution in [3.63, 3.8) is 0 Å². The van der Waals surface area contributed by atoms with Crippen LogP contribution in [0.15, 0.2) is 30.3 Å². The lowest BCUT2D eigenvalue weighted by molar-refractivity contribution is 0.216. The van der Waals surface area contributed by atoms with Crippen molar-refractivity contribution < 1.29 is 13.2 Å². The van der Waals surface area contributed by atoms with Gasteiger partial charge in [-0.25, -0.2) is 8.42 Å². The summed E-state index contributed by atoms with van der Waals surface area (Å²) >= 11 is 0. The zero-order valence-corrected chi connectivity index (χ0v) is 13.3. The Balaban J connectivity index is 3.04. The molecular formula is C15H25NO3S. The molecule has 0 aliphatic rings. The highest BCUT2D eigenvalue weighted by Crippen LogP contribution is 2.25. The summed E-state index contributed by atoms with van der Waals surface area (Å²) in [6.07, 6.45) is 0.582. The first-order valence-corrected chi connectivity index (χ1v) is 8.77. The maximum Gasteiger partial charge on any atom is 0.157 e. The molecule has 20 heavy (non-hydrogen) atoms. The van der Waals surface area contributed by atoms with Crippen molar-refractivity contribution in [2.45, 2.75) is 31.6 Å². The van der Waals surface area contributed by atoms with Crippen LogP contribution in [0.5, 0.6) is 0 Å². The third-order valence-corrected chi connectivity index (χ3v) is 5.65. The normalized spacial score (nSPS) is 14.9. The number of rotatable bonds is 9. The van der Waals surface area contributed by atoms with Crippen LogP contribution in [0.4, 0.5) is 0 Å². The van der Waals surface area contributed by atoms with Crippen LogP contribution < -0.4 is 5.32 Å². The molecule has 0 aromatic heterocycles. The van der Waals surface area contributed by atoms with Crippen LogP contribution in [-0.4, -0.2) is 39.7 Å². The highest BCUT2D eigenvalue weighted by Gasteiger charge is 2.32. The number of methoxy groups -OCH3 is 1. The largest absolute Gasteiger partial charge is 0.384 e. The second kappa shape index (κ2) is 8.39. The molecule has 5 heteroatoms. The molecule has 1 aromatic carbocycles. The van der Waals surface area contributed by atoms with E-state index in [2.05, 4.69) is 5.32 Å². The lowest BCUT2D eigenvalue weighted by Crippen LogP contribution is -2.38. The predicted molar refractivity (Wildman–Crippen MR) is 82.6 cm³/mol. The minimum atomic E-state index is -3.19. The molecule has 1 N–H and O–H groups in total. The number of nitrogens with one attached hydrogen (secondary N) is 1. The van der Waals surface area contributed by atoms with Crippen LogP contribution in [0.2, 0.25) is 0 Å². The Kier molecular flexibility index (Phi) is 7.19. The lowest BCUT2D eigenvalue weighted by Gasteiger charge is -2.27. The van der Waals surface area contributed by atoms with Crippen LogP contribution >= 0.6 is 0 Å². The van der Waals surface area contributed by atoms with Crippen LogP contribution in [-0.2, 0) is 14.6 Å². The fourth-order valence-corrected chi connectivity index (χ4v) is 4.27. The summed E-state index contributed by atoms with van der Waals surface area (Å²) in [5, 5.41) is 2.88. The number of ether oxygens (including phenoxy) is 1. The molecule has 2 atom stereocenters. The summed E-state index contributed by atoms with van der Waals surface area (Å²) < 4.78 is 29.9. The maximum atomic E-state index is 12.5. The van der Waals surface area contributed by atoms with E-state index in [1.165, 1.54) is 7.11 Å². The first-order chi connectivity index (χ1) is 9.56. The van der Waals surface area contributed by atoms with Gasteiger partial charge >= 0.3 is 0 Å². The van der Waals surface area contributed by atoms with Gasteiger partial charge in [-0.1, -0.05) is 44.2 Å². The van der Waals surface area contributed by atoms with Crippen molar-refractivity contribution >= 4 is 9.84 Å². The monoisotopic (exact) mass is 299 g/mol. The summed E-state index contributed by atoms with van der Waals surface area (Å²) in [6, 6.07) is 9.59. The topological polar surface area (TPSA) is 55.4 Å². The molecule has 114 valence electrons. The molecule has 0 aliphatic heterocycles. The number of benzene rings is 1. The van der Waals surface area contributed by atoms with E-state index in [1.54, 1.807) is 0 Å². The standard InChI is InChI=1S/C15H25NO3S/c1-4-14(20(17,18)12-11-19-3)15(16-5-2)13-9-7-6-8-10-13/h6-10,14-16H,4-5,11-12H2,1-3H3. The molecule has 1 aromatic rings. The van der Waals surface area contributed by atoms with E-state index >= 15 is 0 Å². The van der Waals surface area contributed by atoms with Gasteiger partial charge in [0.05, 0.1) is 17.6 Å². The van der Waals surface area contributed by atoms with Gasteiger partial charge in [0.2, 0.25) is 0 Å². The predicted octanol–water partition coefficient (Wildman–Crippen LogP) is 2.18. The molecule has 0 saturated heterocycles. The van der Waals surface area contributed by atoms with E-state index in [4.69, 9.17) is 4.74 Å². The number of hydrogen-bond acceptors (Lipinski definition) is 4. The third-order valence-electron chi connectivity index (χ3n) is 3.39. The molecule has 4 nitrogen and oxygen atoms in total. The van der Waals surface area contributed by atoms with E-state index < -0.39 is 15.1 Å². The first kappa shape index (κ1) is 17.1. The summed E-state index contributed by atoms with van der Waals surface area (Å²) in [6.45, 7) is 4.88. The lowest BCUT2D eigenvalue weighted by atomic mass is 10.0. The van der Waals surface area contributed by atoms with Gasteiger partial charge in [0.25, 0.3) is 0 Å². The minimum Gasteiger partial charge on any atom is -0.384 e. The molecule has 0 aliphatic carbocycles. The first-order valence-electron chi connectivity index (χ1n) is 7.05. The molecule has 0 radical (unpaired) electrons. The minimum absolute atomic E-state index is 0.0662. The molecule has 0 bridgehead atoms. The van der Waals surface area contributed by atoms with Crippen molar-refractivity contribution in [3.05, 3.63) is 35.9 Å². The molecule has 0 heterocycles. The van der Waals surface area contributed by atoms with E-state index in [-0.39, 0.29) is 18.4 Å². The smallest absolute Gasteiger partial charge is 0.157 e. The van der Waals surface area contributed by atoms with Gasteiger partial charge in [-0.2, -0.15) is 0 Å². The fourth-order valence-electron chi connectivity index (χ4n) is 2.39. The number of hydrogen-bond donors (Lipinski definition) is 1. The number of sulfone groups is 1. The molecule has 0 fully saturated rings. The Labute approximate surface area is 122 Å². The second-order valence-electron chi connectivity index (χ2n) is 4.75. The molecule has 0 spiro atoms. The third kappa shape index (κ3) is 4.58. The Morgan fingerprint density at radius 1 is 1.20 bits per heavy atom. The van der Waals surface area contributed by atoms with E-state index in [0.29, 0.717) is 6.42 Å². The average molecular weight is 299 g/mol. The fraction of sp³-hybridized carbons (Fsp3) is 0.600. The summed E-state index contributed by atoms with van der Waals surface area (Å²) in [5.41, 5.74) is 1.02. The van der Waals surface area contributed by atoms with Gasteiger partial charge in [0.15, 0.2) is 9.84 Å². The van der Waals surface area contributed by atoms with Crippen molar-refractivity contribution in [2.24, 2.45) is 0 Å². The molecule has 1 rings (SSSR count). The van der Waals surface area contributed by atoms with E-state index in [9.17, 15) is 8.42 Å². The van der Waals surface area contributed by atoms with Crippen LogP contribution in [0.3, 0.4) is 0 Å². The highest BCUT2D eigenvalue weighted by atomic mass is 32.2. The van der Waals surface area contributed by atoms with Crippen LogP contribution in [0.1, 0.15) is 31.9 Å². The summed E-state index contributed by atoms with van der Waals surface area (Å²) in [7, 11) is -1.67. The van der Waals surface area contributed by atoms with Gasteiger partial charge in [0, 0.05) is 13.2 Å². The van der Waals surface area contributed by atoms with Gasteiger partial charge in [-0.15, -0.1) is 0 Å². The zero-order valence-electron chi connectivity index (χ0n) is 12.5. The zero-order chi connectivity index (χ0) is 15.0. The van der Waals surface area contributed by atoms with Crippen LogP contribution in [0.25, 0.3) is 0 Å².